The number of piperazine rings is 1. The molecule has 1 N–H and O–H groups in total. The molecular formula is C27H27BrF3N3O. The van der Waals surface area contributed by atoms with E-state index in [1.807, 2.05) is 25.1 Å². The van der Waals surface area contributed by atoms with Crippen LogP contribution in [-0.4, -0.2) is 51.8 Å². The molecule has 3 aromatic carbocycles. The minimum absolute atomic E-state index is 0.230. The molecular weight excluding hydrogens is 519 g/mol. The average Bonchev–Trinajstić information content (AvgIpc) is 3.13. The van der Waals surface area contributed by atoms with Crippen molar-refractivity contribution in [2.45, 2.75) is 31.9 Å². The van der Waals surface area contributed by atoms with Gasteiger partial charge in [-0.1, -0.05) is 46.3 Å². The monoisotopic (exact) mass is 545 g/mol. The Morgan fingerprint density at radius 3 is 2.20 bits per heavy atom. The first-order chi connectivity index (χ1) is 16.7. The van der Waals surface area contributed by atoms with Crippen molar-refractivity contribution < 1.29 is 18.3 Å². The molecule has 2 heterocycles. The molecule has 4 aromatic rings. The van der Waals surface area contributed by atoms with E-state index >= 15 is 0 Å². The molecule has 2 unspecified atom stereocenters. The van der Waals surface area contributed by atoms with Gasteiger partial charge in [-0.25, -0.2) is 0 Å². The van der Waals surface area contributed by atoms with Gasteiger partial charge in [-0.3, -0.25) is 9.80 Å². The fourth-order valence-electron chi connectivity index (χ4n) is 5.19. The molecule has 1 fully saturated rings. The summed E-state index contributed by atoms with van der Waals surface area (Å²) in [6, 6.07) is 19.9. The minimum Gasteiger partial charge on any atom is -0.390 e. The number of aliphatic hydroxyl groups excluding tert-OH is 1. The number of aliphatic hydroxyl groups is 1. The molecule has 0 bridgehead atoms. The van der Waals surface area contributed by atoms with Crippen LogP contribution >= 0.6 is 15.9 Å². The van der Waals surface area contributed by atoms with Crippen molar-refractivity contribution in [1.82, 2.24) is 14.4 Å². The van der Waals surface area contributed by atoms with E-state index in [0.29, 0.717) is 6.54 Å². The molecule has 184 valence electrons. The van der Waals surface area contributed by atoms with E-state index in [9.17, 15) is 18.3 Å². The Morgan fingerprint density at radius 1 is 0.886 bits per heavy atom. The van der Waals surface area contributed by atoms with E-state index in [1.54, 1.807) is 12.1 Å². The summed E-state index contributed by atoms with van der Waals surface area (Å²) in [5.74, 6) is 0. The number of halogens is 4. The van der Waals surface area contributed by atoms with E-state index in [-0.39, 0.29) is 6.17 Å². The number of alkyl halides is 3. The van der Waals surface area contributed by atoms with Gasteiger partial charge >= 0.3 is 6.18 Å². The van der Waals surface area contributed by atoms with Crippen molar-refractivity contribution in [3.8, 4) is 0 Å². The molecule has 1 aliphatic heterocycles. The normalized spacial score (nSPS) is 17.8. The predicted octanol–water partition coefficient (Wildman–Crippen LogP) is 6.27. The van der Waals surface area contributed by atoms with E-state index in [1.165, 1.54) is 0 Å². The van der Waals surface area contributed by atoms with Crippen LogP contribution in [0.1, 0.15) is 24.2 Å². The van der Waals surface area contributed by atoms with Crippen molar-refractivity contribution in [2.75, 3.05) is 26.2 Å². The third-order valence-corrected chi connectivity index (χ3v) is 7.33. The lowest BCUT2D eigenvalue weighted by Gasteiger charge is -2.41. The lowest BCUT2D eigenvalue weighted by atomic mass is 10.1. The van der Waals surface area contributed by atoms with Crippen LogP contribution in [0.25, 0.3) is 21.8 Å². The fraction of sp³-hybridized carbons (Fsp3) is 0.333. The molecule has 0 spiro atoms. The molecule has 4 nitrogen and oxygen atoms in total. The van der Waals surface area contributed by atoms with Gasteiger partial charge in [0.05, 0.1) is 22.7 Å². The highest BCUT2D eigenvalue weighted by Gasteiger charge is 2.32. The van der Waals surface area contributed by atoms with Crippen LogP contribution < -0.4 is 0 Å². The Labute approximate surface area is 210 Å². The third kappa shape index (κ3) is 4.85. The molecule has 2 atom stereocenters. The summed E-state index contributed by atoms with van der Waals surface area (Å²) in [6.07, 6.45) is -5.14. The number of hydrogen-bond donors (Lipinski definition) is 1. The zero-order valence-corrected chi connectivity index (χ0v) is 20.9. The van der Waals surface area contributed by atoms with E-state index < -0.39 is 17.8 Å². The summed E-state index contributed by atoms with van der Waals surface area (Å²) in [5.41, 5.74) is 2.40. The first kappa shape index (κ1) is 24.3. The Kier molecular flexibility index (Phi) is 6.65. The summed E-state index contributed by atoms with van der Waals surface area (Å²) in [6.45, 7) is 5.48. The summed E-state index contributed by atoms with van der Waals surface area (Å²) < 4.78 is 41.8. The van der Waals surface area contributed by atoms with Crippen LogP contribution in [0, 0.1) is 0 Å². The van der Waals surface area contributed by atoms with Crippen LogP contribution in [0.5, 0.6) is 0 Å². The van der Waals surface area contributed by atoms with Crippen LogP contribution in [0.15, 0.2) is 71.2 Å². The van der Waals surface area contributed by atoms with Gasteiger partial charge in [0.15, 0.2) is 0 Å². The zero-order chi connectivity index (χ0) is 24.7. The van der Waals surface area contributed by atoms with Gasteiger partial charge in [-0.2, -0.15) is 13.2 Å². The van der Waals surface area contributed by atoms with Crippen molar-refractivity contribution >= 4 is 37.7 Å². The highest BCUT2D eigenvalue weighted by Crippen LogP contribution is 2.36. The molecule has 0 radical (unpaired) electrons. The standard InChI is InChI=1S/C27H27BrF3N3O/c1-18(35)26(34-24-5-3-2-4-22(24)23-16-21(28)10-11-25(23)34)33-14-12-32(13-15-33)17-19-6-8-20(9-7-19)27(29,30)31/h2-11,16,18,26,35H,12-15,17H2,1H3. The Bertz CT molecular complexity index is 1330. The summed E-state index contributed by atoms with van der Waals surface area (Å²) >= 11 is 3.59. The van der Waals surface area contributed by atoms with Gasteiger partial charge in [-0.05, 0) is 48.9 Å². The lowest BCUT2D eigenvalue weighted by molar-refractivity contribution is -0.137. The Hall–Kier alpha value is -2.39. The molecule has 35 heavy (non-hydrogen) atoms. The molecule has 0 aliphatic carbocycles. The van der Waals surface area contributed by atoms with Crippen molar-refractivity contribution in [2.24, 2.45) is 0 Å². The maximum Gasteiger partial charge on any atom is 0.416 e. The average molecular weight is 546 g/mol. The molecule has 1 aromatic heterocycles. The molecule has 0 saturated carbocycles. The zero-order valence-electron chi connectivity index (χ0n) is 19.3. The number of aromatic nitrogens is 1. The number of rotatable bonds is 5. The number of para-hydroxylation sites is 1. The van der Waals surface area contributed by atoms with Gasteiger partial charge < -0.3 is 9.67 Å². The number of benzene rings is 3. The second-order valence-electron chi connectivity index (χ2n) is 9.21. The second-order valence-corrected chi connectivity index (χ2v) is 10.1. The summed E-state index contributed by atoms with van der Waals surface area (Å²) in [7, 11) is 0. The maximum absolute atomic E-state index is 12.9. The highest BCUT2D eigenvalue weighted by atomic mass is 79.9. The predicted molar refractivity (Wildman–Crippen MR) is 136 cm³/mol. The first-order valence-electron chi connectivity index (χ1n) is 11.7. The number of hydrogen-bond acceptors (Lipinski definition) is 3. The molecule has 0 amide bonds. The third-order valence-electron chi connectivity index (χ3n) is 6.84. The molecule has 8 heteroatoms. The van der Waals surface area contributed by atoms with Crippen LogP contribution in [-0.2, 0) is 12.7 Å². The van der Waals surface area contributed by atoms with Gasteiger partial charge in [0.2, 0.25) is 0 Å². The Morgan fingerprint density at radius 2 is 1.54 bits per heavy atom. The smallest absolute Gasteiger partial charge is 0.390 e. The molecule has 1 aliphatic rings. The fourth-order valence-corrected chi connectivity index (χ4v) is 5.55. The van der Waals surface area contributed by atoms with Crippen LogP contribution in [0.4, 0.5) is 13.2 Å². The minimum atomic E-state index is -4.32. The largest absolute Gasteiger partial charge is 0.416 e. The molecule has 1 saturated heterocycles. The maximum atomic E-state index is 12.9. The summed E-state index contributed by atoms with van der Waals surface area (Å²) in [5, 5.41) is 13.2. The number of fused-ring (bicyclic) bond motifs is 3. The van der Waals surface area contributed by atoms with Gasteiger partial charge in [0, 0.05) is 48.0 Å². The molecule has 5 rings (SSSR count). The highest BCUT2D eigenvalue weighted by molar-refractivity contribution is 9.10. The van der Waals surface area contributed by atoms with Gasteiger partial charge in [0.1, 0.15) is 6.17 Å². The van der Waals surface area contributed by atoms with Crippen LogP contribution in [0.2, 0.25) is 0 Å². The van der Waals surface area contributed by atoms with Crippen molar-refractivity contribution in [3.63, 3.8) is 0 Å². The second kappa shape index (κ2) is 9.58. The SMILES string of the molecule is CC(O)C(N1CCN(Cc2ccc(C(F)(F)F)cc2)CC1)n1c2ccccc2c2cc(Br)ccc21. The van der Waals surface area contributed by atoms with Gasteiger partial charge in [0.25, 0.3) is 0 Å². The van der Waals surface area contributed by atoms with E-state index in [0.717, 1.165) is 70.2 Å². The first-order valence-corrected chi connectivity index (χ1v) is 12.5. The summed E-state index contributed by atoms with van der Waals surface area (Å²) in [4.78, 5) is 4.56. The van der Waals surface area contributed by atoms with E-state index in [2.05, 4.69) is 54.6 Å². The number of nitrogens with zero attached hydrogens (tertiary/aromatic N) is 3. The van der Waals surface area contributed by atoms with Crippen LogP contribution in [0.3, 0.4) is 0 Å². The topological polar surface area (TPSA) is 31.6 Å². The van der Waals surface area contributed by atoms with Gasteiger partial charge in [-0.15, -0.1) is 0 Å². The quantitative estimate of drug-likeness (QED) is 0.320. The van der Waals surface area contributed by atoms with Crippen molar-refractivity contribution in [3.05, 3.63) is 82.3 Å². The van der Waals surface area contributed by atoms with E-state index in [4.69, 9.17) is 0 Å². The Balaban J connectivity index is 1.37. The van der Waals surface area contributed by atoms with Crippen molar-refractivity contribution in [1.29, 1.82) is 0 Å². The lowest BCUT2D eigenvalue weighted by Crippen LogP contribution is -2.50.